The van der Waals surface area contributed by atoms with Gasteiger partial charge in [-0.15, -0.1) is 0 Å². The summed E-state index contributed by atoms with van der Waals surface area (Å²) in [5.41, 5.74) is -5.78. The van der Waals surface area contributed by atoms with Gasteiger partial charge in [0.1, 0.15) is 13.2 Å². The SMILES string of the molecule is C=CC(F)(C(F)(F)F)C(F)(F)OC(F)C(F)(F)SCCOC(=O)/C=C\C(=O)OCCSC(F)(F)C(F)OC(F)(F)C(F)(F)C(F)(F)F. The maximum absolute atomic E-state index is 13.6. The molecule has 0 bridgehead atoms. The molecule has 6 nitrogen and oxygen atoms in total. The van der Waals surface area contributed by atoms with E-state index in [-0.39, 0.29) is 12.2 Å². The van der Waals surface area contributed by atoms with Crippen molar-refractivity contribution in [2.24, 2.45) is 0 Å². The van der Waals surface area contributed by atoms with E-state index in [0.29, 0.717) is 0 Å². The number of ether oxygens (including phenoxy) is 4. The minimum absolute atomic E-state index is 0.157. The molecule has 3 unspecified atom stereocenters. The summed E-state index contributed by atoms with van der Waals surface area (Å²) >= 11 is -2.04. The van der Waals surface area contributed by atoms with Crippen molar-refractivity contribution in [2.45, 2.75) is 59.4 Å². The number of hydrogen-bond acceptors (Lipinski definition) is 8. The lowest BCUT2D eigenvalue weighted by Crippen LogP contribution is -2.57. The number of carbonyl (C=O) groups excluding carboxylic acids is 2. The number of halogens is 19. The first-order valence-corrected chi connectivity index (χ1v) is 13.1. The third-order valence-corrected chi connectivity index (χ3v) is 6.35. The van der Waals surface area contributed by atoms with Gasteiger partial charge in [0, 0.05) is 23.7 Å². The molecule has 0 heterocycles. The van der Waals surface area contributed by atoms with Crippen LogP contribution in [0.5, 0.6) is 0 Å². The van der Waals surface area contributed by atoms with E-state index < -0.39 is 126 Å². The summed E-state index contributed by atoms with van der Waals surface area (Å²) in [4.78, 5) is 22.8. The maximum atomic E-state index is 13.6. The molecule has 0 N–H and O–H groups in total. The third-order valence-electron chi connectivity index (χ3n) is 4.47. The normalized spacial score (nSPS) is 16.8. The fourth-order valence-corrected chi connectivity index (χ4v) is 3.36. The van der Waals surface area contributed by atoms with Crippen LogP contribution in [-0.2, 0) is 28.5 Å². The zero-order valence-corrected chi connectivity index (χ0v) is 23.5. The van der Waals surface area contributed by atoms with Crippen LogP contribution in [0.15, 0.2) is 24.8 Å². The minimum atomic E-state index is -7.08. The fourth-order valence-electron chi connectivity index (χ4n) is 2.12. The van der Waals surface area contributed by atoms with Gasteiger partial charge in [0.15, 0.2) is 0 Å². The van der Waals surface area contributed by atoms with Gasteiger partial charge < -0.3 is 9.47 Å². The van der Waals surface area contributed by atoms with Crippen molar-refractivity contribution in [3.05, 3.63) is 24.8 Å². The van der Waals surface area contributed by atoms with Crippen molar-refractivity contribution in [1.82, 2.24) is 0 Å². The Balaban J connectivity index is 4.73. The van der Waals surface area contributed by atoms with Crippen LogP contribution >= 0.6 is 23.5 Å². The average Bonchev–Trinajstić information content (AvgIpc) is 2.89. The smallest absolute Gasteiger partial charge is 0.462 e. The first-order chi connectivity index (χ1) is 20.8. The van der Waals surface area contributed by atoms with Gasteiger partial charge >= 0.3 is 58.6 Å². The molecule has 0 aliphatic heterocycles. The predicted molar refractivity (Wildman–Crippen MR) is 119 cm³/mol. The van der Waals surface area contributed by atoms with E-state index >= 15 is 0 Å². The summed E-state index contributed by atoms with van der Waals surface area (Å²) in [6.07, 6.45) is -36.6. The second-order valence-electron chi connectivity index (χ2n) is 7.88. The lowest BCUT2D eigenvalue weighted by molar-refractivity contribution is -0.446. The molecule has 3 atom stereocenters. The van der Waals surface area contributed by atoms with Crippen molar-refractivity contribution in [2.75, 3.05) is 24.7 Å². The van der Waals surface area contributed by atoms with E-state index in [1.165, 1.54) is 0 Å². The summed E-state index contributed by atoms with van der Waals surface area (Å²) < 4.78 is 259. The number of esters is 2. The zero-order valence-electron chi connectivity index (χ0n) is 21.9. The summed E-state index contributed by atoms with van der Waals surface area (Å²) in [6.45, 7) is -0.199. The number of hydrogen-bond donors (Lipinski definition) is 0. The highest BCUT2D eigenvalue weighted by atomic mass is 32.2. The monoisotopic (exact) mass is 776 g/mol. The molecule has 0 aromatic carbocycles. The largest absolute Gasteiger partial charge is 0.462 e. The summed E-state index contributed by atoms with van der Waals surface area (Å²) in [5, 5.41) is -10.3. The number of rotatable bonds is 19. The molecule has 47 heavy (non-hydrogen) atoms. The average molecular weight is 776 g/mol. The van der Waals surface area contributed by atoms with Gasteiger partial charge in [0.2, 0.25) is 0 Å². The van der Waals surface area contributed by atoms with Gasteiger partial charge in [-0.25, -0.2) is 22.8 Å². The Morgan fingerprint density at radius 2 is 0.936 bits per heavy atom. The molecular weight excluding hydrogens is 761 g/mol. The molecule has 0 radical (unpaired) electrons. The van der Waals surface area contributed by atoms with Crippen molar-refractivity contribution in [3.8, 4) is 0 Å². The topological polar surface area (TPSA) is 71.1 Å². The van der Waals surface area contributed by atoms with Gasteiger partial charge in [0.05, 0.1) is 0 Å². The van der Waals surface area contributed by atoms with Crippen molar-refractivity contribution in [3.63, 3.8) is 0 Å². The van der Waals surface area contributed by atoms with Crippen LogP contribution in [0.4, 0.5) is 83.4 Å². The summed E-state index contributed by atoms with van der Waals surface area (Å²) in [7, 11) is 0. The maximum Gasteiger partial charge on any atom is 0.462 e. The van der Waals surface area contributed by atoms with Crippen molar-refractivity contribution in [1.29, 1.82) is 0 Å². The van der Waals surface area contributed by atoms with Crippen molar-refractivity contribution < 1.29 is 112 Å². The quantitative estimate of drug-likeness (QED) is 0.0434. The van der Waals surface area contributed by atoms with Gasteiger partial charge in [-0.05, 0) is 6.08 Å². The molecular formula is C20H15F19O6S2. The molecule has 0 saturated carbocycles. The summed E-state index contributed by atoms with van der Waals surface area (Å²) in [5.74, 6) is -12.7. The van der Waals surface area contributed by atoms with Crippen LogP contribution in [0.2, 0.25) is 0 Å². The van der Waals surface area contributed by atoms with Crippen LogP contribution < -0.4 is 0 Å². The Morgan fingerprint density at radius 3 is 1.23 bits per heavy atom. The van der Waals surface area contributed by atoms with Gasteiger partial charge in [-0.3, -0.25) is 9.47 Å². The first-order valence-electron chi connectivity index (χ1n) is 11.1. The van der Waals surface area contributed by atoms with Gasteiger partial charge in [-0.1, -0.05) is 30.1 Å². The lowest BCUT2D eigenvalue weighted by Gasteiger charge is -2.33. The van der Waals surface area contributed by atoms with Crippen LogP contribution in [-0.4, -0.2) is 96.0 Å². The molecule has 0 aliphatic carbocycles. The molecule has 0 fully saturated rings. The minimum Gasteiger partial charge on any atom is -0.462 e. The molecule has 0 rings (SSSR count). The van der Waals surface area contributed by atoms with Crippen LogP contribution in [0.25, 0.3) is 0 Å². The molecule has 0 saturated heterocycles. The molecule has 0 aromatic rings. The Morgan fingerprint density at radius 1 is 0.596 bits per heavy atom. The van der Waals surface area contributed by atoms with Gasteiger partial charge in [-0.2, -0.15) is 70.2 Å². The number of thioether (sulfide) groups is 2. The van der Waals surface area contributed by atoms with E-state index in [4.69, 9.17) is 0 Å². The summed E-state index contributed by atoms with van der Waals surface area (Å²) in [6, 6.07) is 0. The molecule has 0 aromatic heterocycles. The highest BCUT2D eigenvalue weighted by molar-refractivity contribution is 8.00. The van der Waals surface area contributed by atoms with Crippen LogP contribution in [0.3, 0.4) is 0 Å². The van der Waals surface area contributed by atoms with Gasteiger partial charge in [0.25, 0.3) is 12.7 Å². The van der Waals surface area contributed by atoms with E-state index in [2.05, 4.69) is 25.5 Å². The highest BCUT2D eigenvalue weighted by Crippen LogP contribution is 2.50. The Kier molecular flexibility index (Phi) is 15.2. The molecule has 276 valence electrons. The second-order valence-corrected chi connectivity index (χ2v) is 10.4. The fraction of sp³-hybridized carbons (Fsp3) is 0.700. The number of carbonyl (C=O) groups is 2. The molecule has 27 heteroatoms. The van der Waals surface area contributed by atoms with Crippen LogP contribution in [0, 0.1) is 0 Å². The molecule has 0 amide bonds. The number of alkyl halides is 19. The standard InChI is InChI=1S/C20H15F19O6S2/c1-2-13(23,17(30,31)32)19(36,37)44-11(21)14(24,25)46-7-5-42-9(40)3-4-10(41)43-6-8-47-15(26,27)12(22)45-20(38,39)16(28,29)18(33,34)35/h2-4,11-12H,1,5-8H2/b4-3-. The van der Waals surface area contributed by atoms with Crippen molar-refractivity contribution >= 4 is 35.5 Å². The predicted octanol–water partition coefficient (Wildman–Crippen LogP) is 7.75. The zero-order chi connectivity index (χ0) is 37.5. The van der Waals surface area contributed by atoms with Crippen LogP contribution in [0.1, 0.15) is 0 Å². The molecule has 0 aliphatic rings. The Hall–Kier alpha value is -2.29. The first kappa shape index (κ1) is 44.7. The molecule has 0 spiro atoms. The van der Waals surface area contributed by atoms with E-state index in [1.807, 2.05) is 0 Å². The third kappa shape index (κ3) is 12.0. The lowest BCUT2D eigenvalue weighted by atomic mass is 10.1. The second kappa shape index (κ2) is 15.9. The highest BCUT2D eigenvalue weighted by Gasteiger charge is 2.76. The van der Waals surface area contributed by atoms with E-state index in [0.717, 1.165) is 0 Å². The Labute approximate surface area is 256 Å². The van der Waals surface area contributed by atoms with E-state index in [1.54, 1.807) is 0 Å². The Bertz CT molecular complexity index is 1100. The van der Waals surface area contributed by atoms with E-state index in [9.17, 15) is 93.0 Å².